The van der Waals surface area contributed by atoms with Gasteiger partial charge in [0.05, 0.1) is 9.81 Å². The fraction of sp³-hybridized carbons (Fsp3) is 0.0588. The van der Waals surface area contributed by atoms with Gasteiger partial charge in [0.1, 0.15) is 0 Å². The second kappa shape index (κ2) is 5.42. The number of carbonyl (C=O) groups is 2. The minimum atomic E-state index is -0.117. The van der Waals surface area contributed by atoms with E-state index in [-0.39, 0.29) is 11.6 Å². The highest BCUT2D eigenvalue weighted by molar-refractivity contribution is 8.08. The number of ketones is 2. The summed E-state index contributed by atoms with van der Waals surface area (Å²) in [6, 6.07) is 8.69. The molecule has 2 aliphatic rings. The van der Waals surface area contributed by atoms with Gasteiger partial charge in [0.2, 0.25) is 11.6 Å². The number of hydrogen-bond acceptors (Lipinski definition) is 4. The van der Waals surface area contributed by atoms with Crippen LogP contribution in [0.4, 0.5) is 0 Å². The van der Waals surface area contributed by atoms with Gasteiger partial charge in [-0.3, -0.25) is 9.59 Å². The first-order chi connectivity index (χ1) is 11.0. The van der Waals surface area contributed by atoms with Crippen LogP contribution in [0.15, 0.2) is 49.9 Å². The first-order valence-corrected chi connectivity index (χ1v) is 9.13. The average molecular weight is 379 g/mol. The van der Waals surface area contributed by atoms with E-state index in [0.717, 1.165) is 15.4 Å². The second-order valence-corrected chi connectivity index (χ2v) is 8.23. The van der Waals surface area contributed by atoms with Gasteiger partial charge in [-0.25, -0.2) is 0 Å². The number of allylic oxidation sites excluding steroid dienone is 2. The van der Waals surface area contributed by atoms with E-state index >= 15 is 0 Å². The molecule has 0 radical (unpaired) electrons. The standard InChI is InChI=1S/C17H8Cl2O2S2/c1-7-4-9(19)6-12-13(7)15(21)17(23-12)16-14(20)10-3-2-8(18)5-11(10)22-16/h2-6H,1H3. The Bertz CT molecular complexity index is 948. The molecular formula is C17H8Cl2O2S2. The highest BCUT2D eigenvalue weighted by Gasteiger charge is 2.37. The van der Waals surface area contributed by atoms with Gasteiger partial charge in [0.15, 0.2) is 0 Å². The summed E-state index contributed by atoms with van der Waals surface area (Å²) in [7, 11) is 0. The second-order valence-electron chi connectivity index (χ2n) is 5.26. The Hall–Kier alpha value is -1.20. The number of fused-ring (bicyclic) bond motifs is 2. The van der Waals surface area contributed by atoms with Crippen molar-refractivity contribution in [1.29, 1.82) is 0 Å². The smallest absolute Gasteiger partial charge is 0.202 e. The van der Waals surface area contributed by atoms with Crippen LogP contribution in [0.2, 0.25) is 10.0 Å². The lowest BCUT2D eigenvalue weighted by atomic mass is 10.0. The molecule has 2 aliphatic heterocycles. The molecule has 4 rings (SSSR count). The number of benzene rings is 2. The topological polar surface area (TPSA) is 34.1 Å². The van der Waals surface area contributed by atoms with E-state index in [0.29, 0.717) is 31.0 Å². The van der Waals surface area contributed by atoms with Crippen LogP contribution in [0.1, 0.15) is 26.3 Å². The molecule has 0 amide bonds. The van der Waals surface area contributed by atoms with Gasteiger partial charge in [-0.15, -0.1) is 0 Å². The zero-order valence-corrected chi connectivity index (χ0v) is 14.9. The molecule has 2 heterocycles. The number of rotatable bonds is 0. The monoisotopic (exact) mass is 378 g/mol. The van der Waals surface area contributed by atoms with Crippen LogP contribution in [0.5, 0.6) is 0 Å². The van der Waals surface area contributed by atoms with Crippen molar-refractivity contribution in [3.8, 4) is 0 Å². The van der Waals surface area contributed by atoms with Crippen LogP contribution >= 0.6 is 46.7 Å². The van der Waals surface area contributed by atoms with E-state index in [4.69, 9.17) is 23.2 Å². The molecule has 2 aromatic rings. The highest BCUT2D eigenvalue weighted by Crippen LogP contribution is 2.51. The average Bonchev–Trinajstić information content (AvgIpc) is 2.96. The molecule has 0 unspecified atom stereocenters. The molecule has 0 spiro atoms. The summed E-state index contributed by atoms with van der Waals surface area (Å²) in [5.41, 5.74) is 2.07. The number of Topliss-reactive ketones (excluding diaryl/α,β-unsaturated/α-hetero) is 2. The predicted octanol–water partition coefficient (Wildman–Crippen LogP) is 5.79. The van der Waals surface area contributed by atoms with E-state index in [2.05, 4.69) is 0 Å². The highest BCUT2D eigenvalue weighted by atomic mass is 35.5. The molecule has 0 saturated heterocycles. The number of halogens is 2. The Labute approximate surface area is 151 Å². The predicted molar refractivity (Wildman–Crippen MR) is 95.0 cm³/mol. The zero-order chi connectivity index (χ0) is 16.3. The molecule has 6 heteroatoms. The summed E-state index contributed by atoms with van der Waals surface area (Å²) in [4.78, 5) is 28.0. The van der Waals surface area contributed by atoms with Gasteiger partial charge in [-0.2, -0.15) is 0 Å². The number of thioether (sulfide) groups is 2. The summed E-state index contributed by atoms with van der Waals surface area (Å²) >= 11 is 14.7. The van der Waals surface area contributed by atoms with E-state index in [1.54, 1.807) is 30.3 Å². The molecule has 114 valence electrons. The summed E-state index contributed by atoms with van der Waals surface area (Å²) in [5, 5.41) is 1.17. The van der Waals surface area contributed by atoms with E-state index in [1.165, 1.54) is 23.5 Å². The lowest BCUT2D eigenvalue weighted by molar-refractivity contribution is 0.101. The normalized spacial score (nSPS) is 19.3. The minimum Gasteiger partial charge on any atom is -0.288 e. The third kappa shape index (κ3) is 2.36. The van der Waals surface area contributed by atoms with Crippen molar-refractivity contribution < 1.29 is 9.59 Å². The summed E-state index contributed by atoms with van der Waals surface area (Å²) in [6.07, 6.45) is 0. The van der Waals surface area contributed by atoms with E-state index in [9.17, 15) is 9.59 Å². The van der Waals surface area contributed by atoms with Crippen molar-refractivity contribution >= 4 is 58.3 Å². The molecule has 2 aromatic carbocycles. The summed E-state index contributed by atoms with van der Waals surface area (Å²) in [5.74, 6) is -0.219. The Balaban J connectivity index is 1.84. The zero-order valence-electron chi connectivity index (χ0n) is 11.8. The molecule has 0 aromatic heterocycles. The van der Waals surface area contributed by atoms with Crippen LogP contribution < -0.4 is 0 Å². The molecule has 0 atom stereocenters. The van der Waals surface area contributed by atoms with Crippen molar-refractivity contribution in [2.24, 2.45) is 0 Å². The van der Waals surface area contributed by atoms with Crippen molar-refractivity contribution in [2.75, 3.05) is 0 Å². The molecule has 2 nitrogen and oxygen atoms in total. The molecule has 0 aliphatic carbocycles. The number of aryl methyl sites for hydroxylation is 1. The third-order valence-corrected chi connectivity index (χ3v) is 6.59. The maximum absolute atomic E-state index is 12.8. The summed E-state index contributed by atoms with van der Waals surface area (Å²) in [6.45, 7) is 1.86. The number of carbonyl (C=O) groups excluding carboxylic acids is 2. The van der Waals surface area contributed by atoms with Gasteiger partial charge in [-0.05, 0) is 42.8 Å². The molecular weight excluding hydrogens is 371 g/mol. The molecule has 0 saturated carbocycles. The van der Waals surface area contributed by atoms with Crippen molar-refractivity contribution in [3.63, 3.8) is 0 Å². The Morgan fingerprint density at radius 2 is 1.48 bits per heavy atom. The maximum Gasteiger partial charge on any atom is 0.202 e. The third-order valence-electron chi connectivity index (χ3n) is 3.72. The van der Waals surface area contributed by atoms with Crippen LogP contribution in [-0.4, -0.2) is 11.6 Å². The van der Waals surface area contributed by atoms with Crippen LogP contribution in [0, 0.1) is 6.92 Å². The van der Waals surface area contributed by atoms with Crippen LogP contribution in [0.3, 0.4) is 0 Å². The molecule has 0 N–H and O–H groups in total. The van der Waals surface area contributed by atoms with E-state index in [1.807, 2.05) is 6.92 Å². The van der Waals surface area contributed by atoms with Crippen LogP contribution in [-0.2, 0) is 0 Å². The van der Waals surface area contributed by atoms with Crippen molar-refractivity contribution in [3.05, 3.63) is 66.9 Å². The Morgan fingerprint density at radius 1 is 0.826 bits per heavy atom. The van der Waals surface area contributed by atoms with Gasteiger partial charge >= 0.3 is 0 Å². The van der Waals surface area contributed by atoms with Gasteiger partial charge in [0.25, 0.3) is 0 Å². The fourth-order valence-corrected chi connectivity index (χ4v) is 5.73. The first-order valence-electron chi connectivity index (χ1n) is 6.75. The summed E-state index contributed by atoms with van der Waals surface area (Å²) < 4.78 is 0. The molecule has 23 heavy (non-hydrogen) atoms. The Kier molecular flexibility index (Phi) is 3.61. The van der Waals surface area contributed by atoms with Crippen molar-refractivity contribution in [1.82, 2.24) is 0 Å². The largest absolute Gasteiger partial charge is 0.288 e. The van der Waals surface area contributed by atoms with Gasteiger partial charge in [-0.1, -0.05) is 46.7 Å². The number of hydrogen-bond donors (Lipinski definition) is 0. The quantitative estimate of drug-likeness (QED) is 0.543. The lowest BCUT2D eigenvalue weighted by Gasteiger charge is -2.01. The minimum absolute atomic E-state index is 0.103. The van der Waals surface area contributed by atoms with Crippen LogP contribution in [0.25, 0.3) is 0 Å². The van der Waals surface area contributed by atoms with E-state index < -0.39 is 0 Å². The fourth-order valence-electron chi connectivity index (χ4n) is 2.70. The lowest BCUT2D eigenvalue weighted by Crippen LogP contribution is -2.03. The SMILES string of the molecule is Cc1cc(Cl)cc2c1C(=O)C(=C1Sc3cc(Cl)ccc3C1=O)S2. The molecule has 0 bridgehead atoms. The van der Waals surface area contributed by atoms with Gasteiger partial charge < -0.3 is 0 Å². The van der Waals surface area contributed by atoms with Gasteiger partial charge in [0, 0.05) is 31.0 Å². The maximum atomic E-state index is 12.8. The molecule has 0 fully saturated rings. The first kappa shape index (κ1) is 15.3. The Morgan fingerprint density at radius 3 is 2.26 bits per heavy atom. The van der Waals surface area contributed by atoms with Crippen molar-refractivity contribution in [2.45, 2.75) is 16.7 Å².